The van der Waals surface area contributed by atoms with E-state index in [-0.39, 0.29) is 11.7 Å². The Morgan fingerprint density at radius 2 is 1.89 bits per heavy atom. The first-order chi connectivity index (χ1) is 13.2. The molecule has 0 aliphatic heterocycles. The number of halogens is 1. The molecule has 1 aromatic heterocycles. The maximum Gasteiger partial charge on any atom is 0.235 e. The topological polar surface area (TPSA) is 51.2 Å². The van der Waals surface area contributed by atoms with Crippen molar-refractivity contribution in [1.82, 2.24) is 4.98 Å². The van der Waals surface area contributed by atoms with Crippen molar-refractivity contribution in [3.63, 3.8) is 0 Å². The van der Waals surface area contributed by atoms with Crippen LogP contribution in [-0.4, -0.2) is 18.0 Å². The van der Waals surface area contributed by atoms with E-state index in [1.54, 1.807) is 37.6 Å². The summed E-state index contributed by atoms with van der Waals surface area (Å²) in [7, 11) is 1.59. The molecule has 0 unspecified atom stereocenters. The number of fused-ring (bicyclic) bond motifs is 1. The average Bonchev–Trinajstić information content (AvgIpc) is 3.19. The number of pyridine rings is 1. The van der Waals surface area contributed by atoms with Crippen LogP contribution in [-0.2, 0) is 10.2 Å². The van der Waals surface area contributed by atoms with E-state index < -0.39 is 5.41 Å². The Morgan fingerprint density at radius 3 is 2.63 bits per heavy atom. The SMILES string of the molecule is COc1ccc(NC(=O)C2(c3ccccc3F)CCCC2)c2cccnc12. The minimum atomic E-state index is -0.834. The predicted octanol–water partition coefficient (Wildman–Crippen LogP) is 4.83. The molecule has 2 aromatic carbocycles. The third-order valence-corrected chi connectivity index (χ3v) is 5.48. The van der Waals surface area contributed by atoms with Crippen LogP contribution in [0.5, 0.6) is 5.75 Å². The molecule has 1 aliphatic rings. The number of ether oxygens (including phenoxy) is 1. The third kappa shape index (κ3) is 2.93. The lowest BCUT2D eigenvalue weighted by molar-refractivity contribution is -0.121. The van der Waals surface area contributed by atoms with Gasteiger partial charge in [0.05, 0.1) is 18.2 Å². The average molecular weight is 364 g/mol. The fourth-order valence-corrected chi connectivity index (χ4v) is 4.11. The molecule has 0 radical (unpaired) electrons. The van der Waals surface area contributed by atoms with Crippen LogP contribution in [0.4, 0.5) is 10.1 Å². The molecule has 1 saturated carbocycles. The maximum absolute atomic E-state index is 14.5. The number of benzene rings is 2. The van der Waals surface area contributed by atoms with E-state index in [9.17, 15) is 9.18 Å². The largest absolute Gasteiger partial charge is 0.494 e. The third-order valence-electron chi connectivity index (χ3n) is 5.48. The second kappa shape index (κ2) is 6.99. The summed E-state index contributed by atoms with van der Waals surface area (Å²) in [6.45, 7) is 0. The number of nitrogens with zero attached hydrogens (tertiary/aromatic N) is 1. The van der Waals surface area contributed by atoms with E-state index in [4.69, 9.17) is 4.74 Å². The summed E-state index contributed by atoms with van der Waals surface area (Å²) in [6.07, 6.45) is 4.80. The zero-order valence-electron chi connectivity index (χ0n) is 15.2. The molecule has 4 nitrogen and oxygen atoms in total. The van der Waals surface area contributed by atoms with Gasteiger partial charge in [-0.3, -0.25) is 9.78 Å². The van der Waals surface area contributed by atoms with E-state index in [0.717, 1.165) is 18.2 Å². The highest BCUT2D eigenvalue weighted by Gasteiger charge is 2.44. The van der Waals surface area contributed by atoms with E-state index in [2.05, 4.69) is 10.3 Å². The molecule has 1 aliphatic carbocycles. The van der Waals surface area contributed by atoms with Gasteiger partial charge in [-0.2, -0.15) is 0 Å². The number of methoxy groups -OCH3 is 1. The van der Waals surface area contributed by atoms with Gasteiger partial charge in [0, 0.05) is 17.1 Å². The zero-order valence-corrected chi connectivity index (χ0v) is 15.2. The highest BCUT2D eigenvalue weighted by Crippen LogP contribution is 2.43. The first-order valence-electron chi connectivity index (χ1n) is 9.14. The van der Waals surface area contributed by atoms with Gasteiger partial charge in [-0.1, -0.05) is 31.0 Å². The van der Waals surface area contributed by atoms with Crippen LogP contribution in [0.2, 0.25) is 0 Å². The van der Waals surface area contributed by atoms with Gasteiger partial charge in [0.15, 0.2) is 0 Å². The van der Waals surface area contributed by atoms with Crippen LogP contribution >= 0.6 is 0 Å². The zero-order chi connectivity index (χ0) is 18.9. The second-order valence-corrected chi connectivity index (χ2v) is 6.94. The smallest absolute Gasteiger partial charge is 0.235 e. The number of rotatable bonds is 4. The van der Waals surface area contributed by atoms with Gasteiger partial charge in [0.1, 0.15) is 17.1 Å². The Morgan fingerprint density at radius 1 is 1.11 bits per heavy atom. The number of hydrogen-bond donors (Lipinski definition) is 1. The first kappa shape index (κ1) is 17.5. The Hall–Kier alpha value is -2.95. The van der Waals surface area contributed by atoms with Gasteiger partial charge in [0.2, 0.25) is 5.91 Å². The predicted molar refractivity (Wildman–Crippen MR) is 103 cm³/mol. The highest BCUT2D eigenvalue weighted by molar-refractivity contribution is 6.06. The van der Waals surface area contributed by atoms with Crippen LogP contribution in [0.15, 0.2) is 54.7 Å². The molecule has 0 spiro atoms. The Balaban J connectivity index is 1.75. The maximum atomic E-state index is 14.5. The lowest BCUT2D eigenvalue weighted by atomic mass is 9.77. The van der Waals surface area contributed by atoms with Crippen molar-refractivity contribution in [2.75, 3.05) is 12.4 Å². The first-order valence-corrected chi connectivity index (χ1v) is 9.14. The fraction of sp³-hybridized carbons (Fsp3) is 0.273. The molecule has 5 heteroatoms. The minimum absolute atomic E-state index is 0.166. The fourth-order valence-electron chi connectivity index (χ4n) is 4.11. The lowest BCUT2D eigenvalue weighted by Gasteiger charge is -2.29. The molecule has 138 valence electrons. The molecular weight excluding hydrogens is 343 g/mol. The number of carbonyl (C=O) groups excluding carboxylic acids is 1. The molecule has 0 bridgehead atoms. The molecular formula is C22H21FN2O2. The molecule has 1 fully saturated rings. The van der Waals surface area contributed by atoms with Crippen molar-refractivity contribution in [3.8, 4) is 5.75 Å². The van der Waals surface area contributed by atoms with Crippen LogP contribution in [0.25, 0.3) is 10.9 Å². The monoisotopic (exact) mass is 364 g/mol. The van der Waals surface area contributed by atoms with Crippen molar-refractivity contribution in [2.24, 2.45) is 0 Å². The van der Waals surface area contributed by atoms with Crippen molar-refractivity contribution in [3.05, 3.63) is 66.1 Å². The van der Waals surface area contributed by atoms with Crippen molar-refractivity contribution in [1.29, 1.82) is 0 Å². The van der Waals surface area contributed by atoms with E-state index >= 15 is 0 Å². The second-order valence-electron chi connectivity index (χ2n) is 6.94. The summed E-state index contributed by atoms with van der Waals surface area (Å²) in [5.41, 5.74) is 0.992. The molecule has 27 heavy (non-hydrogen) atoms. The normalized spacial score (nSPS) is 15.6. The van der Waals surface area contributed by atoms with Crippen molar-refractivity contribution in [2.45, 2.75) is 31.1 Å². The standard InChI is InChI=1S/C22H21FN2O2/c1-27-19-11-10-18(15-7-6-14-24-20(15)19)25-21(26)22(12-4-5-13-22)16-8-2-3-9-17(16)23/h2-3,6-11,14H,4-5,12-13H2,1H3,(H,25,26). The molecule has 1 amide bonds. The molecule has 0 atom stereocenters. The van der Waals surface area contributed by atoms with Gasteiger partial charge in [-0.25, -0.2) is 4.39 Å². The Labute approximate surface area is 157 Å². The Bertz CT molecular complexity index is 997. The van der Waals surface area contributed by atoms with Crippen LogP contribution < -0.4 is 10.1 Å². The van der Waals surface area contributed by atoms with Gasteiger partial charge in [-0.15, -0.1) is 0 Å². The molecule has 0 saturated heterocycles. The molecule has 1 N–H and O–H groups in total. The summed E-state index contributed by atoms with van der Waals surface area (Å²) in [6, 6.07) is 13.9. The molecule has 4 rings (SSSR count). The highest BCUT2D eigenvalue weighted by atomic mass is 19.1. The molecule has 3 aromatic rings. The van der Waals surface area contributed by atoms with Crippen LogP contribution in [0.1, 0.15) is 31.2 Å². The minimum Gasteiger partial charge on any atom is -0.494 e. The number of amides is 1. The summed E-state index contributed by atoms with van der Waals surface area (Å²) in [4.78, 5) is 17.7. The summed E-state index contributed by atoms with van der Waals surface area (Å²) in [5.74, 6) is 0.157. The van der Waals surface area contributed by atoms with E-state index in [1.165, 1.54) is 6.07 Å². The van der Waals surface area contributed by atoms with Crippen molar-refractivity contribution < 1.29 is 13.9 Å². The van der Waals surface area contributed by atoms with Gasteiger partial charge < -0.3 is 10.1 Å². The van der Waals surface area contributed by atoms with Crippen LogP contribution in [0, 0.1) is 5.82 Å². The van der Waals surface area contributed by atoms with Crippen LogP contribution in [0.3, 0.4) is 0 Å². The van der Waals surface area contributed by atoms with E-state index in [1.807, 2.05) is 18.2 Å². The van der Waals surface area contributed by atoms with Gasteiger partial charge in [0.25, 0.3) is 0 Å². The number of nitrogens with one attached hydrogen (secondary N) is 1. The summed E-state index contributed by atoms with van der Waals surface area (Å²) in [5, 5.41) is 3.84. The van der Waals surface area contributed by atoms with Gasteiger partial charge >= 0.3 is 0 Å². The molecule has 1 heterocycles. The number of aromatic nitrogens is 1. The number of anilines is 1. The van der Waals surface area contributed by atoms with Crippen molar-refractivity contribution >= 4 is 22.5 Å². The quantitative estimate of drug-likeness (QED) is 0.721. The summed E-state index contributed by atoms with van der Waals surface area (Å²) < 4.78 is 19.9. The Kier molecular flexibility index (Phi) is 4.52. The lowest BCUT2D eigenvalue weighted by Crippen LogP contribution is -2.38. The van der Waals surface area contributed by atoms with E-state index in [0.29, 0.717) is 35.4 Å². The number of carbonyl (C=O) groups is 1. The number of hydrogen-bond acceptors (Lipinski definition) is 3. The van der Waals surface area contributed by atoms with Gasteiger partial charge in [-0.05, 0) is 43.2 Å². The summed E-state index contributed by atoms with van der Waals surface area (Å²) >= 11 is 0.